The summed E-state index contributed by atoms with van der Waals surface area (Å²) < 4.78 is 1.65. The van der Waals surface area contributed by atoms with Crippen LogP contribution in [-0.4, -0.2) is 31.3 Å². The van der Waals surface area contributed by atoms with Crippen LogP contribution in [0.15, 0.2) is 18.2 Å². The van der Waals surface area contributed by atoms with Gasteiger partial charge < -0.3 is 5.11 Å². The van der Waals surface area contributed by atoms with Gasteiger partial charge in [-0.3, -0.25) is 0 Å². The van der Waals surface area contributed by atoms with E-state index in [9.17, 15) is 4.79 Å². The number of aromatic nitrogens is 4. The third kappa shape index (κ3) is 2.47. The third-order valence-electron chi connectivity index (χ3n) is 2.81. The standard InChI is InChI=1S/C13H16N4O2/c1-8-7-9(11(18)19)5-6-10(8)17-12(13(2,3)4)14-15-16-17/h5-7H,1-4H3,(H,18,19). The zero-order chi connectivity index (χ0) is 14.2. The molecule has 0 unspecified atom stereocenters. The Kier molecular flexibility index (Phi) is 3.09. The molecule has 0 fully saturated rings. The molecule has 19 heavy (non-hydrogen) atoms. The van der Waals surface area contributed by atoms with Crippen molar-refractivity contribution in [3.8, 4) is 5.69 Å². The number of rotatable bonds is 2. The number of benzene rings is 1. The molecule has 2 rings (SSSR count). The Balaban J connectivity index is 2.55. The maximum absolute atomic E-state index is 10.9. The molecule has 0 bridgehead atoms. The summed E-state index contributed by atoms with van der Waals surface area (Å²) >= 11 is 0. The second-order valence-electron chi connectivity index (χ2n) is 5.47. The molecular weight excluding hydrogens is 244 g/mol. The van der Waals surface area contributed by atoms with Crippen molar-refractivity contribution in [1.82, 2.24) is 20.2 Å². The molecule has 1 N–H and O–H groups in total. The molecule has 0 aliphatic heterocycles. The van der Waals surface area contributed by atoms with Crippen LogP contribution in [-0.2, 0) is 5.41 Å². The minimum absolute atomic E-state index is 0.193. The molecular formula is C13H16N4O2. The van der Waals surface area contributed by atoms with E-state index < -0.39 is 5.97 Å². The Morgan fingerprint density at radius 1 is 1.32 bits per heavy atom. The van der Waals surface area contributed by atoms with Crippen molar-refractivity contribution in [2.75, 3.05) is 0 Å². The van der Waals surface area contributed by atoms with Gasteiger partial charge in [-0.2, -0.15) is 4.68 Å². The lowest BCUT2D eigenvalue weighted by Gasteiger charge is -2.18. The minimum Gasteiger partial charge on any atom is -0.478 e. The van der Waals surface area contributed by atoms with Crippen molar-refractivity contribution in [3.05, 3.63) is 35.2 Å². The van der Waals surface area contributed by atoms with E-state index in [4.69, 9.17) is 5.11 Å². The number of nitrogens with zero attached hydrogens (tertiary/aromatic N) is 4. The summed E-state index contributed by atoms with van der Waals surface area (Å²) in [7, 11) is 0. The van der Waals surface area contributed by atoms with Gasteiger partial charge in [0.05, 0.1) is 11.3 Å². The van der Waals surface area contributed by atoms with Gasteiger partial charge >= 0.3 is 5.97 Å². The van der Waals surface area contributed by atoms with Gasteiger partial charge in [-0.15, -0.1) is 5.10 Å². The lowest BCUT2D eigenvalue weighted by molar-refractivity contribution is 0.0697. The maximum atomic E-state index is 10.9. The average Bonchev–Trinajstić information content (AvgIpc) is 2.77. The number of carboxylic acid groups (broad SMARTS) is 1. The van der Waals surface area contributed by atoms with Crippen molar-refractivity contribution in [2.45, 2.75) is 33.1 Å². The Hall–Kier alpha value is -2.24. The fraction of sp³-hybridized carbons (Fsp3) is 0.385. The van der Waals surface area contributed by atoms with E-state index in [-0.39, 0.29) is 11.0 Å². The van der Waals surface area contributed by atoms with E-state index >= 15 is 0 Å². The van der Waals surface area contributed by atoms with Crippen LogP contribution in [0.3, 0.4) is 0 Å². The minimum atomic E-state index is -0.942. The van der Waals surface area contributed by atoms with Crippen LogP contribution in [0.1, 0.15) is 42.5 Å². The van der Waals surface area contributed by atoms with Crippen molar-refractivity contribution in [3.63, 3.8) is 0 Å². The van der Waals surface area contributed by atoms with Crippen molar-refractivity contribution >= 4 is 5.97 Å². The Bertz CT molecular complexity index is 626. The summed E-state index contributed by atoms with van der Waals surface area (Å²) in [5.41, 5.74) is 1.67. The fourth-order valence-corrected chi connectivity index (χ4v) is 1.84. The molecule has 1 heterocycles. The van der Waals surface area contributed by atoms with Crippen LogP contribution in [0.2, 0.25) is 0 Å². The summed E-state index contributed by atoms with van der Waals surface area (Å²) in [4.78, 5) is 10.9. The normalized spacial score (nSPS) is 11.6. The Labute approximate surface area is 111 Å². The highest BCUT2D eigenvalue weighted by molar-refractivity contribution is 5.88. The van der Waals surface area contributed by atoms with Crippen molar-refractivity contribution < 1.29 is 9.90 Å². The molecule has 0 atom stereocenters. The van der Waals surface area contributed by atoms with E-state index in [2.05, 4.69) is 15.5 Å². The Morgan fingerprint density at radius 3 is 2.53 bits per heavy atom. The van der Waals surface area contributed by atoms with Gasteiger partial charge in [0.25, 0.3) is 0 Å². The third-order valence-corrected chi connectivity index (χ3v) is 2.81. The molecule has 6 nitrogen and oxygen atoms in total. The summed E-state index contributed by atoms with van der Waals surface area (Å²) in [6.07, 6.45) is 0. The van der Waals surface area contributed by atoms with E-state index in [1.807, 2.05) is 27.7 Å². The molecule has 100 valence electrons. The molecule has 0 spiro atoms. The molecule has 0 aliphatic carbocycles. The summed E-state index contributed by atoms with van der Waals surface area (Å²) in [6.45, 7) is 7.92. The first kappa shape index (κ1) is 13.2. The first-order valence-corrected chi connectivity index (χ1v) is 5.94. The van der Waals surface area contributed by atoms with Gasteiger partial charge in [-0.25, -0.2) is 4.79 Å². The van der Waals surface area contributed by atoms with Gasteiger partial charge in [0, 0.05) is 5.41 Å². The van der Waals surface area contributed by atoms with Gasteiger partial charge in [0.2, 0.25) is 0 Å². The molecule has 0 saturated carbocycles. The van der Waals surface area contributed by atoms with Gasteiger partial charge in [-0.1, -0.05) is 20.8 Å². The van der Waals surface area contributed by atoms with Crippen LogP contribution in [0.25, 0.3) is 5.69 Å². The average molecular weight is 260 g/mol. The molecule has 1 aromatic carbocycles. The molecule has 0 radical (unpaired) electrons. The quantitative estimate of drug-likeness (QED) is 0.892. The van der Waals surface area contributed by atoms with Crippen molar-refractivity contribution in [1.29, 1.82) is 0 Å². The number of hydrogen-bond acceptors (Lipinski definition) is 4. The number of aromatic carboxylic acids is 1. The van der Waals surface area contributed by atoms with Crippen LogP contribution >= 0.6 is 0 Å². The van der Waals surface area contributed by atoms with E-state index in [0.717, 1.165) is 17.1 Å². The second kappa shape index (κ2) is 4.46. The van der Waals surface area contributed by atoms with E-state index in [1.54, 1.807) is 22.9 Å². The predicted molar refractivity (Wildman–Crippen MR) is 69.6 cm³/mol. The number of carbonyl (C=O) groups is 1. The van der Waals surface area contributed by atoms with Gasteiger partial charge in [-0.05, 0) is 41.1 Å². The first-order chi connectivity index (χ1) is 8.80. The molecule has 0 saturated heterocycles. The summed E-state index contributed by atoms with van der Waals surface area (Å²) in [5, 5.41) is 20.7. The Morgan fingerprint density at radius 2 is 2.00 bits per heavy atom. The molecule has 6 heteroatoms. The highest BCUT2D eigenvalue weighted by Gasteiger charge is 2.23. The smallest absolute Gasteiger partial charge is 0.335 e. The SMILES string of the molecule is Cc1cc(C(=O)O)ccc1-n1nnnc1C(C)(C)C. The molecule has 0 aliphatic rings. The number of aryl methyl sites for hydroxylation is 1. The maximum Gasteiger partial charge on any atom is 0.335 e. The second-order valence-corrected chi connectivity index (χ2v) is 5.47. The topological polar surface area (TPSA) is 80.9 Å². The number of tetrazole rings is 1. The van der Waals surface area contributed by atoms with Crippen molar-refractivity contribution in [2.24, 2.45) is 0 Å². The lowest BCUT2D eigenvalue weighted by Crippen LogP contribution is -2.19. The van der Waals surface area contributed by atoms with Gasteiger partial charge in [0.15, 0.2) is 5.82 Å². The zero-order valence-corrected chi connectivity index (χ0v) is 11.4. The van der Waals surface area contributed by atoms with Crippen LogP contribution in [0, 0.1) is 6.92 Å². The lowest BCUT2D eigenvalue weighted by atomic mass is 9.95. The monoisotopic (exact) mass is 260 g/mol. The highest BCUT2D eigenvalue weighted by atomic mass is 16.4. The number of carboxylic acids is 1. The predicted octanol–water partition coefficient (Wildman–Crippen LogP) is 1.97. The van der Waals surface area contributed by atoms with E-state index in [1.165, 1.54) is 0 Å². The van der Waals surface area contributed by atoms with E-state index in [0.29, 0.717) is 0 Å². The molecule has 0 amide bonds. The molecule has 1 aromatic heterocycles. The first-order valence-electron chi connectivity index (χ1n) is 5.94. The number of hydrogen-bond donors (Lipinski definition) is 1. The zero-order valence-electron chi connectivity index (χ0n) is 11.4. The largest absolute Gasteiger partial charge is 0.478 e. The summed E-state index contributed by atoms with van der Waals surface area (Å²) in [5.74, 6) is -0.207. The fourth-order valence-electron chi connectivity index (χ4n) is 1.84. The van der Waals surface area contributed by atoms with Crippen LogP contribution < -0.4 is 0 Å². The van der Waals surface area contributed by atoms with Crippen LogP contribution in [0.4, 0.5) is 0 Å². The molecule has 2 aromatic rings. The van der Waals surface area contributed by atoms with Gasteiger partial charge in [0.1, 0.15) is 0 Å². The summed E-state index contributed by atoms with van der Waals surface area (Å²) in [6, 6.07) is 4.90. The highest BCUT2D eigenvalue weighted by Crippen LogP contribution is 2.23. The van der Waals surface area contributed by atoms with Crippen LogP contribution in [0.5, 0.6) is 0 Å².